The van der Waals surface area contributed by atoms with Crippen LogP contribution in [-0.2, 0) is 20.6 Å². The van der Waals surface area contributed by atoms with Crippen LogP contribution in [0.1, 0.15) is 75.9 Å². The first kappa shape index (κ1) is 29.5. The Morgan fingerprint density at radius 2 is 1.92 bits per heavy atom. The van der Waals surface area contributed by atoms with Crippen molar-refractivity contribution in [3.05, 3.63) is 35.9 Å². The lowest BCUT2D eigenvalue weighted by Crippen LogP contribution is -2.53. The van der Waals surface area contributed by atoms with Gasteiger partial charge in [0.05, 0.1) is 6.10 Å². The minimum absolute atomic E-state index is 0.0954. The van der Waals surface area contributed by atoms with E-state index in [1.807, 2.05) is 18.2 Å². The Labute approximate surface area is 234 Å². The molecule has 1 amide bonds. The zero-order chi connectivity index (χ0) is 27.5. The normalized spacial score (nSPS) is 22.7. The van der Waals surface area contributed by atoms with Crippen molar-refractivity contribution in [3.63, 3.8) is 0 Å². The molecule has 1 saturated carbocycles. The number of hydrogen-bond donors (Lipinski definition) is 2. The standard InChI is InChI=1S/C28H43N5O5S/c1-37-19-10-20-38-25(23-14-6-3-7-15-23)24-16-9-17-32(21-24)27-26(30-39(36)31-27)29-33(28(34)35)18-8-13-22-11-4-2-5-12-22/h3,6-7,14-15,22,24-25H,2,4-5,8-13,16-21H2,1H3,(H,29,30)(H,34,35). The molecule has 0 aromatic heterocycles. The Morgan fingerprint density at radius 3 is 2.67 bits per heavy atom. The smallest absolute Gasteiger partial charge is 0.426 e. The lowest BCUT2D eigenvalue weighted by atomic mass is 9.86. The quantitative estimate of drug-likeness (QED) is 0.296. The van der Waals surface area contributed by atoms with Gasteiger partial charge in [-0.2, -0.15) is 0 Å². The van der Waals surface area contributed by atoms with Gasteiger partial charge >= 0.3 is 6.09 Å². The summed E-state index contributed by atoms with van der Waals surface area (Å²) in [5, 5.41) is 11.0. The zero-order valence-electron chi connectivity index (χ0n) is 23.0. The molecule has 0 spiro atoms. The first-order chi connectivity index (χ1) is 19.0. The molecule has 11 heteroatoms. The predicted molar refractivity (Wildman–Crippen MR) is 153 cm³/mol. The molecule has 0 bridgehead atoms. The second-order valence-corrected chi connectivity index (χ2v) is 11.5. The zero-order valence-corrected chi connectivity index (χ0v) is 23.8. The Hall–Kier alpha value is -2.50. The van der Waals surface area contributed by atoms with E-state index < -0.39 is 17.3 Å². The van der Waals surface area contributed by atoms with E-state index in [-0.39, 0.29) is 17.9 Å². The summed E-state index contributed by atoms with van der Waals surface area (Å²) in [5.74, 6) is 1.59. The number of nitrogens with zero attached hydrogens (tertiary/aromatic N) is 4. The number of piperidine rings is 1. The van der Waals surface area contributed by atoms with Gasteiger partial charge in [0.2, 0.25) is 5.84 Å². The summed E-state index contributed by atoms with van der Waals surface area (Å²) < 4.78 is 32.4. The Kier molecular flexibility index (Phi) is 11.6. The number of benzene rings is 1. The van der Waals surface area contributed by atoms with Crippen LogP contribution < -0.4 is 5.43 Å². The second kappa shape index (κ2) is 15.3. The van der Waals surface area contributed by atoms with Crippen LogP contribution in [0.25, 0.3) is 0 Å². The highest BCUT2D eigenvalue weighted by atomic mass is 32.2. The van der Waals surface area contributed by atoms with Gasteiger partial charge in [-0.05, 0) is 43.6 Å². The number of hydrogen-bond acceptors (Lipinski definition) is 6. The topological polar surface area (TPSA) is 116 Å². The van der Waals surface area contributed by atoms with E-state index in [1.165, 1.54) is 32.1 Å². The summed E-state index contributed by atoms with van der Waals surface area (Å²) >= 11 is -1.78. The Balaban J connectivity index is 1.39. The van der Waals surface area contributed by atoms with Crippen molar-refractivity contribution in [2.24, 2.45) is 20.6 Å². The molecule has 4 rings (SSSR count). The molecular formula is C28H43N5O5S. The molecule has 3 aliphatic rings. The summed E-state index contributed by atoms with van der Waals surface area (Å²) in [6.07, 6.45) is 9.65. The van der Waals surface area contributed by atoms with Crippen molar-refractivity contribution in [1.29, 1.82) is 0 Å². The molecule has 3 atom stereocenters. The van der Waals surface area contributed by atoms with Crippen LogP contribution in [0.4, 0.5) is 4.79 Å². The lowest BCUT2D eigenvalue weighted by molar-refractivity contribution is -0.0139. The van der Waals surface area contributed by atoms with Crippen LogP contribution in [0.5, 0.6) is 0 Å². The number of rotatable bonds is 11. The fourth-order valence-electron chi connectivity index (χ4n) is 5.89. The van der Waals surface area contributed by atoms with Crippen molar-refractivity contribution in [2.75, 3.05) is 40.0 Å². The summed E-state index contributed by atoms with van der Waals surface area (Å²) in [6, 6.07) is 10.2. The van der Waals surface area contributed by atoms with Crippen molar-refractivity contribution in [3.8, 4) is 0 Å². The number of amidine groups is 2. The van der Waals surface area contributed by atoms with E-state index in [0.717, 1.165) is 49.2 Å². The van der Waals surface area contributed by atoms with Gasteiger partial charge in [-0.1, -0.05) is 62.4 Å². The SMILES string of the molecule is COCCCOC(c1ccccc1)C1CCCN(C2=NS(=O)N=C2NN(CCCC2CCCCC2)C(=O)O)C1. The van der Waals surface area contributed by atoms with Crippen molar-refractivity contribution < 1.29 is 23.6 Å². The maximum atomic E-state index is 12.4. The number of methoxy groups -OCH3 is 1. The van der Waals surface area contributed by atoms with Gasteiger partial charge in [-0.25, -0.2) is 14.0 Å². The molecule has 2 N–H and O–H groups in total. The highest BCUT2D eigenvalue weighted by Crippen LogP contribution is 2.33. The highest BCUT2D eigenvalue weighted by molar-refractivity contribution is 7.83. The van der Waals surface area contributed by atoms with Gasteiger partial charge in [0.1, 0.15) is 0 Å². The van der Waals surface area contributed by atoms with E-state index >= 15 is 0 Å². The van der Waals surface area contributed by atoms with Gasteiger partial charge in [0, 0.05) is 45.9 Å². The second-order valence-electron chi connectivity index (χ2n) is 10.7. The number of carboxylic acid groups (broad SMARTS) is 1. The number of likely N-dealkylation sites (tertiary alicyclic amines) is 1. The van der Waals surface area contributed by atoms with Crippen LogP contribution in [0.3, 0.4) is 0 Å². The largest absolute Gasteiger partial charge is 0.464 e. The Bertz CT molecular complexity index is 1000. The van der Waals surface area contributed by atoms with Gasteiger partial charge in [0.25, 0.3) is 11.2 Å². The van der Waals surface area contributed by atoms with Gasteiger partial charge < -0.3 is 19.5 Å². The third kappa shape index (κ3) is 8.74. The number of nitrogens with one attached hydrogen (secondary N) is 1. The lowest BCUT2D eigenvalue weighted by Gasteiger charge is -2.38. The average molecular weight is 562 g/mol. The van der Waals surface area contributed by atoms with Crippen LogP contribution in [0.2, 0.25) is 0 Å². The van der Waals surface area contributed by atoms with Gasteiger partial charge in [-0.15, -0.1) is 8.80 Å². The molecule has 1 aromatic carbocycles. The maximum Gasteiger partial charge on any atom is 0.426 e. The third-order valence-electron chi connectivity index (χ3n) is 7.84. The fourth-order valence-corrected chi connectivity index (χ4v) is 6.56. The molecule has 3 unspecified atom stereocenters. The molecular weight excluding hydrogens is 518 g/mol. The van der Waals surface area contributed by atoms with Crippen LogP contribution in [0, 0.1) is 11.8 Å². The summed E-state index contributed by atoms with van der Waals surface area (Å²) in [6.45, 7) is 2.96. The molecule has 10 nitrogen and oxygen atoms in total. The average Bonchev–Trinajstić information content (AvgIpc) is 3.33. The van der Waals surface area contributed by atoms with E-state index in [0.29, 0.717) is 38.1 Å². The molecule has 2 fully saturated rings. The molecule has 1 saturated heterocycles. The van der Waals surface area contributed by atoms with E-state index in [4.69, 9.17) is 9.47 Å². The minimum Gasteiger partial charge on any atom is -0.464 e. The fraction of sp³-hybridized carbons (Fsp3) is 0.679. The molecule has 216 valence electrons. The summed E-state index contributed by atoms with van der Waals surface area (Å²) in [7, 11) is 1.69. The van der Waals surface area contributed by atoms with Crippen LogP contribution in [-0.4, -0.2) is 76.9 Å². The molecule has 0 radical (unpaired) electrons. The first-order valence-electron chi connectivity index (χ1n) is 14.3. The monoisotopic (exact) mass is 561 g/mol. The van der Waals surface area contributed by atoms with Crippen molar-refractivity contribution in [2.45, 2.75) is 70.3 Å². The predicted octanol–water partition coefficient (Wildman–Crippen LogP) is 4.73. The van der Waals surface area contributed by atoms with Crippen LogP contribution in [0.15, 0.2) is 39.1 Å². The first-order valence-corrected chi connectivity index (χ1v) is 15.4. The molecule has 1 aliphatic carbocycles. The van der Waals surface area contributed by atoms with Gasteiger partial charge in [-0.3, -0.25) is 5.43 Å². The number of amides is 1. The Morgan fingerprint density at radius 1 is 1.13 bits per heavy atom. The molecule has 2 heterocycles. The van der Waals surface area contributed by atoms with E-state index in [9.17, 15) is 14.1 Å². The van der Waals surface area contributed by atoms with Crippen molar-refractivity contribution in [1.82, 2.24) is 15.3 Å². The highest BCUT2D eigenvalue weighted by Gasteiger charge is 2.34. The summed E-state index contributed by atoms with van der Waals surface area (Å²) in [4.78, 5) is 14.1. The third-order valence-corrected chi connectivity index (χ3v) is 8.51. The molecule has 1 aromatic rings. The van der Waals surface area contributed by atoms with E-state index in [1.54, 1.807) is 7.11 Å². The maximum absolute atomic E-state index is 12.4. The number of ether oxygens (including phenoxy) is 2. The minimum atomic E-state index is -1.78. The van der Waals surface area contributed by atoms with E-state index in [2.05, 4.69) is 31.3 Å². The van der Waals surface area contributed by atoms with Crippen molar-refractivity contribution >= 4 is 28.9 Å². The summed E-state index contributed by atoms with van der Waals surface area (Å²) in [5.41, 5.74) is 4.05. The molecule has 2 aliphatic heterocycles. The van der Waals surface area contributed by atoms with Crippen LogP contribution >= 0.6 is 0 Å². The van der Waals surface area contributed by atoms with Gasteiger partial charge in [0.15, 0.2) is 5.84 Å². The number of hydrazine groups is 1. The number of carbonyl (C=O) groups is 1. The molecule has 39 heavy (non-hydrogen) atoms.